The summed E-state index contributed by atoms with van der Waals surface area (Å²) in [6, 6.07) is 14.9. The molecular weight excluding hydrogens is 400 g/mol. The summed E-state index contributed by atoms with van der Waals surface area (Å²) in [7, 11) is -3.08. The van der Waals surface area contributed by atoms with E-state index in [0.29, 0.717) is 17.0 Å². The minimum absolute atomic E-state index is 0.00322. The first kappa shape index (κ1) is 20.4. The standard InChI is InChI=1S/C20H21ClN2O4S/c21-17-9-5-4-8-16(17)20(25)23-18(14-6-2-1-3-7-14)12-19(24)22-15-10-11-28(26,27)13-15/h1-9,15,18H,10-13H2,(H,22,24)(H,23,25)/t15-,18+/m1/s1. The lowest BCUT2D eigenvalue weighted by atomic mass is 10.0. The van der Waals surface area contributed by atoms with E-state index in [-0.39, 0.29) is 35.8 Å². The van der Waals surface area contributed by atoms with Gasteiger partial charge in [0.1, 0.15) is 0 Å². The molecule has 0 bridgehead atoms. The van der Waals surface area contributed by atoms with Crippen LogP contribution in [-0.2, 0) is 14.6 Å². The van der Waals surface area contributed by atoms with Gasteiger partial charge in [0.2, 0.25) is 5.91 Å². The summed E-state index contributed by atoms with van der Waals surface area (Å²) in [5.41, 5.74) is 1.10. The third-order valence-electron chi connectivity index (χ3n) is 4.61. The van der Waals surface area contributed by atoms with Crippen LogP contribution in [0.15, 0.2) is 54.6 Å². The van der Waals surface area contributed by atoms with Gasteiger partial charge in [0.15, 0.2) is 9.84 Å². The molecule has 0 spiro atoms. The highest BCUT2D eigenvalue weighted by Crippen LogP contribution is 2.21. The summed E-state index contributed by atoms with van der Waals surface area (Å²) in [4.78, 5) is 25.1. The Morgan fingerprint density at radius 2 is 1.75 bits per heavy atom. The first-order chi connectivity index (χ1) is 13.3. The Kier molecular flexibility index (Phi) is 6.36. The van der Waals surface area contributed by atoms with Crippen molar-refractivity contribution in [3.8, 4) is 0 Å². The molecule has 28 heavy (non-hydrogen) atoms. The Labute approximate surface area is 169 Å². The third-order valence-corrected chi connectivity index (χ3v) is 6.71. The Morgan fingerprint density at radius 1 is 1.07 bits per heavy atom. The second-order valence-corrected chi connectivity index (χ2v) is 9.42. The molecule has 1 aliphatic rings. The quantitative estimate of drug-likeness (QED) is 0.751. The highest BCUT2D eigenvalue weighted by atomic mass is 35.5. The van der Waals surface area contributed by atoms with Crippen LogP contribution in [0.1, 0.15) is 34.8 Å². The van der Waals surface area contributed by atoms with Crippen molar-refractivity contribution in [3.63, 3.8) is 0 Å². The Balaban J connectivity index is 1.72. The van der Waals surface area contributed by atoms with E-state index in [1.54, 1.807) is 24.3 Å². The van der Waals surface area contributed by atoms with Crippen LogP contribution in [0, 0.1) is 0 Å². The fourth-order valence-electron chi connectivity index (χ4n) is 3.20. The van der Waals surface area contributed by atoms with E-state index in [0.717, 1.165) is 5.56 Å². The molecule has 1 saturated heterocycles. The van der Waals surface area contributed by atoms with Crippen molar-refractivity contribution in [2.75, 3.05) is 11.5 Å². The molecule has 2 N–H and O–H groups in total. The van der Waals surface area contributed by atoms with E-state index in [1.807, 2.05) is 30.3 Å². The molecule has 2 atom stereocenters. The van der Waals surface area contributed by atoms with Crippen molar-refractivity contribution in [1.82, 2.24) is 10.6 Å². The highest BCUT2D eigenvalue weighted by Gasteiger charge is 2.30. The van der Waals surface area contributed by atoms with Gasteiger partial charge in [-0.2, -0.15) is 0 Å². The van der Waals surface area contributed by atoms with Crippen molar-refractivity contribution in [1.29, 1.82) is 0 Å². The van der Waals surface area contributed by atoms with Gasteiger partial charge in [-0.05, 0) is 24.1 Å². The summed E-state index contributed by atoms with van der Waals surface area (Å²) in [6.07, 6.45) is 0.410. The van der Waals surface area contributed by atoms with Gasteiger partial charge in [-0.15, -0.1) is 0 Å². The zero-order chi connectivity index (χ0) is 20.1. The number of amides is 2. The molecule has 3 rings (SSSR count). The van der Waals surface area contributed by atoms with Crippen LogP contribution in [0.25, 0.3) is 0 Å². The van der Waals surface area contributed by atoms with E-state index in [2.05, 4.69) is 10.6 Å². The molecule has 1 heterocycles. The van der Waals surface area contributed by atoms with E-state index < -0.39 is 15.9 Å². The van der Waals surface area contributed by atoms with E-state index in [1.165, 1.54) is 0 Å². The molecule has 0 saturated carbocycles. The molecule has 2 aromatic rings. The van der Waals surface area contributed by atoms with Gasteiger partial charge in [0, 0.05) is 6.04 Å². The molecule has 2 aromatic carbocycles. The Bertz CT molecular complexity index is 963. The maximum absolute atomic E-state index is 12.7. The zero-order valence-corrected chi connectivity index (χ0v) is 16.7. The zero-order valence-electron chi connectivity index (χ0n) is 15.1. The number of carbonyl (C=O) groups is 2. The second-order valence-electron chi connectivity index (χ2n) is 6.79. The van der Waals surface area contributed by atoms with E-state index in [4.69, 9.17) is 11.6 Å². The van der Waals surface area contributed by atoms with Crippen LogP contribution in [0.2, 0.25) is 5.02 Å². The molecular formula is C20H21ClN2O4S. The van der Waals surface area contributed by atoms with Gasteiger partial charge in [-0.1, -0.05) is 54.1 Å². The van der Waals surface area contributed by atoms with Crippen LogP contribution in [-0.4, -0.2) is 37.8 Å². The number of nitrogens with one attached hydrogen (secondary N) is 2. The van der Waals surface area contributed by atoms with Crippen LogP contribution in [0.4, 0.5) is 0 Å². The van der Waals surface area contributed by atoms with Crippen molar-refractivity contribution < 1.29 is 18.0 Å². The predicted octanol–water partition coefficient (Wildman–Crippen LogP) is 2.50. The summed E-state index contributed by atoms with van der Waals surface area (Å²) < 4.78 is 23.2. The summed E-state index contributed by atoms with van der Waals surface area (Å²) >= 11 is 6.10. The van der Waals surface area contributed by atoms with Crippen LogP contribution in [0.5, 0.6) is 0 Å². The minimum atomic E-state index is -3.08. The first-order valence-corrected chi connectivity index (χ1v) is 11.1. The summed E-state index contributed by atoms with van der Waals surface area (Å²) in [5.74, 6) is -0.643. The fourth-order valence-corrected chi connectivity index (χ4v) is 5.09. The third kappa shape index (κ3) is 5.33. The van der Waals surface area contributed by atoms with Gasteiger partial charge in [-0.25, -0.2) is 8.42 Å². The first-order valence-electron chi connectivity index (χ1n) is 8.94. The summed E-state index contributed by atoms with van der Waals surface area (Å²) in [6.45, 7) is 0. The van der Waals surface area contributed by atoms with Gasteiger partial charge in [0.25, 0.3) is 5.91 Å². The number of carbonyl (C=O) groups excluding carboxylic acids is 2. The Hall–Kier alpha value is -2.38. The molecule has 8 heteroatoms. The summed E-state index contributed by atoms with van der Waals surface area (Å²) in [5, 5.41) is 5.95. The molecule has 0 aromatic heterocycles. The normalized spacial score (nSPS) is 19.0. The lowest BCUT2D eigenvalue weighted by Gasteiger charge is -2.20. The van der Waals surface area contributed by atoms with E-state index in [9.17, 15) is 18.0 Å². The maximum atomic E-state index is 12.7. The van der Waals surface area contributed by atoms with Crippen molar-refractivity contribution >= 4 is 33.3 Å². The number of halogens is 1. The van der Waals surface area contributed by atoms with Gasteiger partial charge < -0.3 is 10.6 Å². The fraction of sp³-hybridized carbons (Fsp3) is 0.300. The average molecular weight is 421 g/mol. The van der Waals surface area contributed by atoms with Gasteiger partial charge in [0.05, 0.1) is 34.6 Å². The largest absolute Gasteiger partial charge is 0.352 e. The van der Waals surface area contributed by atoms with Crippen LogP contribution >= 0.6 is 11.6 Å². The molecule has 0 unspecified atom stereocenters. The van der Waals surface area contributed by atoms with Crippen molar-refractivity contribution in [3.05, 3.63) is 70.7 Å². The highest BCUT2D eigenvalue weighted by molar-refractivity contribution is 7.91. The van der Waals surface area contributed by atoms with Crippen molar-refractivity contribution in [2.45, 2.75) is 24.9 Å². The number of sulfone groups is 1. The minimum Gasteiger partial charge on any atom is -0.352 e. The van der Waals surface area contributed by atoms with Crippen LogP contribution in [0.3, 0.4) is 0 Å². The predicted molar refractivity (Wildman–Crippen MR) is 108 cm³/mol. The monoisotopic (exact) mass is 420 g/mol. The molecule has 1 aliphatic heterocycles. The topological polar surface area (TPSA) is 92.3 Å². The van der Waals surface area contributed by atoms with Gasteiger partial charge in [-0.3, -0.25) is 9.59 Å². The SMILES string of the molecule is O=C(C[C@H](NC(=O)c1ccccc1Cl)c1ccccc1)N[C@@H]1CCS(=O)(=O)C1. The lowest BCUT2D eigenvalue weighted by molar-refractivity contribution is -0.122. The molecule has 2 amide bonds. The lowest BCUT2D eigenvalue weighted by Crippen LogP contribution is -2.39. The smallest absolute Gasteiger partial charge is 0.253 e. The number of rotatable bonds is 6. The van der Waals surface area contributed by atoms with Crippen LogP contribution < -0.4 is 10.6 Å². The number of hydrogen-bond acceptors (Lipinski definition) is 4. The molecule has 148 valence electrons. The molecule has 1 fully saturated rings. The van der Waals surface area contributed by atoms with Gasteiger partial charge >= 0.3 is 0 Å². The molecule has 0 aliphatic carbocycles. The van der Waals surface area contributed by atoms with E-state index >= 15 is 0 Å². The maximum Gasteiger partial charge on any atom is 0.253 e. The second kappa shape index (κ2) is 8.75. The average Bonchev–Trinajstić information content (AvgIpc) is 3.00. The number of hydrogen-bond donors (Lipinski definition) is 2. The number of benzene rings is 2. The Morgan fingerprint density at radius 3 is 2.39 bits per heavy atom. The van der Waals surface area contributed by atoms with Crippen molar-refractivity contribution in [2.24, 2.45) is 0 Å². The molecule has 0 radical (unpaired) electrons. The molecule has 6 nitrogen and oxygen atoms in total.